The van der Waals surface area contributed by atoms with Crippen LogP contribution in [0.3, 0.4) is 0 Å². The number of amides is 1. The van der Waals surface area contributed by atoms with Crippen LogP contribution in [0.1, 0.15) is 109 Å². The fraction of sp³-hybridized carbons (Fsp3) is 0.857. The molecule has 11 nitrogen and oxygen atoms in total. The summed E-state index contributed by atoms with van der Waals surface area (Å²) in [5.74, 6) is -0.634. The highest BCUT2D eigenvalue weighted by Crippen LogP contribution is 2.52. The highest BCUT2D eigenvalue weighted by molar-refractivity contribution is 6.75. The number of hydrogen-bond acceptors (Lipinski definition) is 10. The molecule has 2 rings (SSSR count). The van der Waals surface area contributed by atoms with Crippen LogP contribution in [-0.2, 0) is 43.4 Å². The molecule has 0 radical (unpaired) electrons. The SMILES string of the molecule is COc1ccc(COC[C@H](C)[C@H]2OC2(C)[C@@H](O[Si](C)(C)C(C)(C)C)[C@@H](CO[Si](C)(C)C(C)(C)C)[C@H](O)[C@H](CO[Si](C)(C)C(C)(C)C)[C@H](CC(=O)N(C)OC)O[Si](C)(C)C(C)(C)C)cc1. The van der Waals surface area contributed by atoms with E-state index in [2.05, 4.69) is 149 Å². The van der Waals surface area contributed by atoms with Gasteiger partial charge in [-0.25, -0.2) is 5.06 Å². The Morgan fingerprint density at radius 2 is 1.16 bits per heavy atom. The van der Waals surface area contributed by atoms with Crippen LogP contribution in [-0.4, -0.2) is 120 Å². The number of epoxide rings is 1. The first-order valence-electron chi connectivity index (χ1n) is 23.7. The van der Waals surface area contributed by atoms with Crippen molar-refractivity contribution in [3.05, 3.63) is 29.8 Å². The van der Waals surface area contributed by atoms with Crippen LogP contribution < -0.4 is 4.74 Å². The zero-order valence-electron chi connectivity index (χ0n) is 45.5. The first-order chi connectivity index (χ1) is 28.7. The zero-order chi connectivity index (χ0) is 49.9. The van der Waals surface area contributed by atoms with E-state index in [0.717, 1.165) is 11.3 Å². The van der Waals surface area contributed by atoms with E-state index >= 15 is 0 Å². The smallest absolute Gasteiger partial charge is 0.248 e. The maximum atomic E-state index is 14.0. The van der Waals surface area contributed by atoms with Crippen LogP contribution in [0.4, 0.5) is 0 Å². The average molecular weight is 973 g/mol. The Bertz CT molecular complexity index is 1610. The molecule has 1 fully saturated rings. The number of hydroxylamine groups is 2. The summed E-state index contributed by atoms with van der Waals surface area (Å²) in [5, 5.41) is 14.4. The van der Waals surface area contributed by atoms with Gasteiger partial charge in [0.2, 0.25) is 5.91 Å². The number of hydrogen-bond donors (Lipinski definition) is 1. The minimum absolute atomic E-state index is 0.00195. The van der Waals surface area contributed by atoms with Gasteiger partial charge in [0.15, 0.2) is 33.3 Å². The monoisotopic (exact) mass is 972 g/mol. The molecule has 1 aromatic rings. The van der Waals surface area contributed by atoms with Crippen molar-refractivity contribution >= 4 is 39.2 Å². The van der Waals surface area contributed by atoms with Gasteiger partial charge in [0.25, 0.3) is 0 Å². The predicted molar refractivity (Wildman–Crippen MR) is 273 cm³/mol. The summed E-state index contributed by atoms with van der Waals surface area (Å²) in [6.07, 6.45) is -2.57. The number of ether oxygens (including phenoxy) is 3. The summed E-state index contributed by atoms with van der Waals surface area (Å²) in [6.45, 7) is 50.3. The van der Waals surface area contributed by atoms with Crippen LogP contribution in [0.25, 0.3) is 0 Å². The van der Waals surface area contributed by atoms with Gasteiger partial charge in [0.05, 0.1) is 58.3 Å². The summed E-state index contributed by atoms with van der Waals surface area (Å²) < 4.78 is 47.9. The largest absolute Gasteiger partial charge is 0.497 e. The maximum Gasteiger partial charge on any atom is 0.248 e. The van der Waals surface area contributed by atoms with Crippen molar-refractivity contribution < 1.29 is 46.7 Å². The lowest BCUT2D eigenvalue weighted by atomic mass is 9.78. The average Bonchev–Trinajstić information content (AvgIpc) is 3.84. The highest BCUT2D eigenvalue weighted by atomic mass is 28.4. The molecule has 1 heterocycles. The number of rotatable bonds is 24. The van der Waals surface area contributed by atoms with E-state index in [1.165, 1.54) is 12.2 Å². The molecule has 1 saturated heterocycles. The molecule has 0 aromatic heterocycles. The lowest BCUT2D eigenvalue weighted by molar-refractivity contribution is -0.172. The molecule has 1 aliphatic heterocycles. The van der Waals surface area contributed by atoms with Crippen molar-refractivity contribution in [2.24, 2.45) is 17.8 Å². The molecule has 0 bridgehead atoms. The molecule has 1 aliphatic rings. The number of carbonyl (C=O) groups is 1. The van der Waals surface area contributed by atoms with Crippen molar-refractivity contribution in [1.82, 2.24) is 5.06 Å². The number of nitrogens with zero attached hydrogens (tertiary/aromatic N) is 1. The molecular weight excluding hydrogens is 875 g/mol. The Hall–Kier alpha value is -0.962. The van der Waals surface area contributed by atoms with Gasteiger partial charge in [-0.2, -0.15) is 0 Å². The van der Waals surface area contributed by atoms with Gasteiger partial charge in [-0.15, -0.1) is 0 Å². The molecule has 1 amide bonds. The lowest BCUT2D eigenvalue weighted by Gasteiger charge is -2.48. The Morgan fingerprint density at radius 1 is 0.719 bits per heavy atom. The molecule has 8 atom stereocenters. The fourth-order valence-corrected chi connectivity index (χ4v) is 11.7. The van der Waals surface area contributed by atoms with Gasteiger partial charge < -0.3 is 37.0 Å². The van der Waals surface area contributed by atoms with E-state index in [-0.39, 0.29) is 57.7 Å². The molecule has 0 aliphatic carbocycles. The Kier molecular flexibility index (Phi) is 20.1. The summed E-state index contributed by atoms with van der Waals surface area (Å²) in [7, 11) is -5.09. The molecule has 15 heteroatoms. The standard InChI is InChI=1S/C49H97NO10Si4/c1-35(31-55-32-36-26-28-37(53-16)29-27-36)43-49(14,58-43)44(60-64(24,25)48(11,12)13)39(34-57-62(20,21)46(5,6)7)42(52)38(33-56-61(18,19)45(2,3)4)40(30-41(51)50(15)54-17)59-63(22,23)47(8,9)10/h26-29,35,38-40,42-44,52H,30-34H2,1-25H3/t35-,38+,39-,40-,42+,43+,44-,49?/m0/s1. The van der Waals surface area contributed by atoms with Crippen LogP contribution in [0.2, 0.25) is 72.5 Å². The molecule has 1 aromatic carbocycles. The lowest BCUT2D eigenvalue weighted by Crippen LogP contribution is -2.59. The Balaban J connectivity index is 2.91. The minimum atomic E-state index is -2.55. The van der Waals surface area contributed by atoms with Crippen LogP contribution in [0.15, 0.2) is 24.3 Å². The van der Waals surface area contributed by atoms with E-state index in [0.29, 0.717) is 13.2 Å². The van der Waals surface area contributed by atoms with Crippen molar-refractivity contribution in [1.29, 1.82) is 0 Å². The highest BCUT2D eigenvalue weighted by Gasteiger charge is 2.65. The number of carbonyl (C=O) groups excluding carboxylic acids is 1. The second-order valence-electron chi connectivity index (χ2n) is 25.0. The zero-order valence-corrected chi connectivity index (χ0v) is 49.5. The van der Waals surface area contributed by atoms with E-state index < -0.39 is 69.0 Å². The van der Waals surface area contributed by atoms with Gasteiger partial charge in [-0.3, -0.25) is 9.63 Å². The van der Waals surface area contributed by atoms with Crippen molar-refractivity contribution in [2.75, 3.05) is 41.1 Å². The number of benzene rings is 1. The third-order valence-corrected chi connectivity index (χ3v) is 33.9. The fourth-order valence-electron chi connectivity index (χ4n) is 6.83. The van der Waals surface area contributed by atoms with E-state index in [4.69, 9.17) is 36.8 Å². The van der Waals surface area contributed by atoms with E-state index in [9.17, 15) is 9.90 Å². The van der Waals surface area contributed by atoms with Crippen LogP contribution >= 0.6 is 0 Å². The normalized spacial score (nSPS) is 21.2. The van der Waals surface area contributed by atoms with Gasteiger partial charge in [0.1, 0.15) is 11.4 Å². The van der Waals surface area contributed by atoms with Crippen LogP contribution in [0.5, 0.6) is 5.75 Å². The Morgan fingerprint density at radius 3 is 1.58 bits per heavy atom. The van der Waals surface area contributed by atoms with Gasteiger partial charge in [-0.05, 0) is 97.1 Å². The summed E-state index contributed by atoms with van der Waals surface area (Å²) in [6, 6.07) is 7.93. The Labute approximate surface area is 396 Å². The van der Waals surface area contributed by atoms with Gasteiger partial charge >= 0.3 is 0 Å². The molecule has 64 heavy (non-hydrogen) atoms. The van der Waals surface area contributed by atoms with Crippen LogP contribution in [0, 0.1) is 17.8 Å². The molecule has 1 N–H and O–H groups in total. The minimum Gasteiger partial charge on any atom is -0.497 e. The molecular formula is C49H97NO10Si4. The molecule has 0 spiro atoms. The van der Waals surface area contributed by atoms with E-state index in [1.807, 2.05) is 24.3 Å². The summed E-state index contributed by atoms with van der Waals surface area (Å²) in [4.78, 5) is 19.4. The van der Waals surface area contributed by atoms with Gasteiger partial charge in [0, 0.05) is 38.0 Å². The number of aliphatic hydroxyl groups is 1. The molecule has 1 unspecified atom stereocenters. The second kappa shape index (κ2) is 21.8. The second-order valence-corrected chi connectivity index (χ2v) is 44.1. The number of methoxy groups -OCH3 is 1. The van der Waals surface area contributed by atoms with Crippen molar-refractivity contribution in [3.63, 3.8) is 0 Å². The third-order valence-electron chi connectivity index (χ3n) is 15.9. The number of aliphatic hydroxyl groups excluding tert-OH is 1. The first-order valence-corrected chi connectivity index (χ1v) is 35.3. The maximum absolute atomic E-state index is 14.0. The summed E-state index contributed by atoms with van der Waals surface area (Å²) in [5.41, 5.74) is 0.279. The van der Waals surface area contributed by atoms with Crippen molar-refractivity contribution in [2.45, 2.75) is 213 Å². The topological polar surface area (TPSA) is 118 Å². The van der Waals surface area contributed by atoms with Gasteiger partial charge in [-0.1, -0.05) is 102 Å². The first kappa shape index (κ1) is 59.2. The molecule has 0 saturated carbocycles. The van der Waals surface area contributed by atoms with E-state index in [1.54, 1.807) is 14.2 Å². The van der Waals surface area contributed by atoms with Crippen molar-refractivity contribution in [3.8, 4) is 5.75 Å². The molecule has 374 valence electrons. The third kappa shape index (κ3) is 15.3. The predicted octanol–water partition coefficient (Wildman–Crippen LogP) is 11.8. The quantitative estimate of drug-likeness (QED) is 0.0609. The summed E-state index contributed by atoms with van der Waals surface area (Å²) >= 11 is 0.